The lowest BCUT2D eigenvalue weighted by atomic mass is 9.91. The minimum atomic E-state index is 0.0819. The highest BCUT2D eigenvalue weighted by Crippen LogP contribution is 2.18. The molecule has 1 fully saturated rings. The van der Waals surface area contributed by atoms with E-state index in [1.165, 1.54) is 0 Å². The van der Waals surface area contributed by atoms with Crippen LogP contribution >= 0.6 is 0 Å². The van der Waals surface area contributed by atoms with Crippen molar-refractivity contribution in [1.82, 2.24) is 10.6 Å². The Morgan fingerprint density at radius 1 is 1.42 bits per heavy atom. The molecular weight excluding hydrogens is 240 g/mol. The lowest BCUT2D eigenvalue weighted by Gasteiger charge is -2.26. The van der Waals surface area contributed by atoms with Crippen LogP contribution in [0.3, 0.4) is 0 Å². The zero-order chi connectivity index (χ0) is 13.7. The molecule has 2 N–H and O–H groups in total. The number of para-hydroxylation sites is 1. The molecule has 0 saturated carbocycles. The van der Waals surface area contributed by atoms with Gasteiger partial charge in [-0.2, -0.15) is 0 Å². The molecule has 4 nitrogen and oxygen atoms in total. The van der Waals surface area contributed by atoms with Crippen LogP contribution in [-0.2, 0) is 11.3 Å². The summed E-state index contributed by atoms with van der Waals surface area (Å²) in [4.78, 5) is 12.1. The van der Waals surface area contributed by atoms with E-state index in [9.17, 15) is 4.79 Å². The number of methoxy groups -OCH3 is 1. The predicted molar refractivity (Wildman–Crippen MR) is 75.0 cm³/mol. The quantitative estimate of drug-likeness (QED) is 0.865. The number of hydrogen-bond acceptors (Lipinski definition) is 3. The summed E-state index contributed by atoms with van der Waals surface area (Å²) in [6.07, 6.45) is 0.963. The van der Waals surface area contributed by atoms with E-state index in [2.05, 4.69) is 17.6 Å². The second kappa shape index (κ2) is 6.57. The number of nitrogens with one attached hydrogen (secondary N) is 2. The van der Waals surface area contributed by atoms with E-state index in [0.29, 0.717) is 12.5 Å². The molecule has 2 unspecified atom stereocenters. The number of rotatable bonds is 4. The van der Waals surface area contributed by atoms with Crippen LogP contribution in [0.1, 0.15) is 18.9 Å². The Balaban J connectivity index is 1.89. The van der Waals surface area contributed by atoms with E-state index < -0.39 is 0 Å². The number of ether oxygens (including phenoxy) is 1. The summed E-state index contributed by atoms with van der Waals surface area (Å²) in [6, 6.07) is 7.76. The molecule has 0 bridgehead atoms. The summed E-state index contributed by atoms with van der Waals surface area (Å²) in [6.45, 7) is 4.48. The van der Waals surface area contributed by atoms with E-state index >= 15 is 0 Å². The topological polar surface area (TPSA) is 50.4 Å². The summed E-state index contributed by atoms with van der Waals surface area (Å²) in [5.41, 5.74) is 1.01. The van der Waals surface area contributed by atoms with E-state index in [1.807, 2.05) is 24.3 Å². The molecule has 0 aromatic heterocycles. The maximum Gasteiger partial charge on any atom is 0.224 e. The lowest BCUT2D eigenvalue weighted by Crippen LogP contribution is -2.43. The van der Waals surface area contributed by atoms with Gasteiger partial charge in [-0.1, -0.05) is 25.1 Å². The van der Waals surface area contributed by atoms with Gasteiger partial charge in [0.1, 0.15) is 5.75 Å². The molecule has 2 rings (SSSR count). The second-order valence-corrected chi connectivity index (χ2v) is 5.23. The third-order valence-corrected chi connectivity index (χ3v) is 3.59. The molecule has 1 saturated heterocycles. The second-order valence-electron chi connectivity index (χ2n) is 5.23. The number of amides is 1. The highest BCUT2D eigenvalue weighted by molar-refractivity contribution is 5.79. The molecule has 1 aliphatic heterocycles. The van der Waals surface area contributed by atoms with E-state index in [1.54, 1.807) is 7.11 Å². The summed E-state index contributed by atoms with van der Waals surface area (Å²) in [5, 5.41) is 6.31. The van der Waals surface area contributed by atoms with Gasteiger partial charge in [0.2, 0.25) is 5.91 Å². The average Bonchev–Trinajstić information content (AvgIpc) is 2.45. The molecule has 1 aromatic rings. The molecule has 0 aliphatic carbocycles. The maximum absolute atomic E-state index is 12.1. The fourth-order valence-electron chi connectivity index (χ4n) is 2.53. The number of benzene rings is 1. The third kappa shape index (κ3) is 3.70. The van der Waals surface area contributed by atoms with Crippen LogP contribution in [0, 0.1) is 11.8 Å². The standard InChI is InChI=1S/C15H22N2O2/c1-11-7-13(9-16-8-11)15(18)17-10-12-5-3-4-6-14(12)19-2/h3-6,11,13,16H,7-10H2,1-2H3,(H,17,18). The van der Waals surface area contributed by atoms with Crippen LogP contribution in [0.15, 0.2) is 24.3 Å². The highest BCUT2D eigenvalue weighted by Gasteiger charge is 2.24. The van der Waals surface area contributed by atoms with Gasteiger partial charge in [0, 0.05) is 18.7 Å². The molecular formula is C15H22N2O2. The summed E-state index contributed by atoms with van der Waals surface area (Å²) < 4.78 is 5.28. The van der Waals surface area contributed by atoms with Crippen molar-refractivity contribution in [2.24, 2.45) is 11.8 Å². The zero-order valence-electron chi connectivity index (χ0n) is 11.6. The highest BCUT2D eigenvalue weighted by atomic mass is 16.5. The lowest BCUT2D eigenvalue weighted by molar-refractivity contribution is -0.126. The summed E-state index contributed by atoms with van der Waals surface area (Å²) >= 11 is 0. The van der Waals surface area contributed by atoms with Crippen LogP contribution in [0.25, 0.3) is 0 Å². The molecule has 104 valence electrons. The van der Waals surface area contributed by atoms with Gasteiger partial charge in [0.25, 0.3) is 0 Å². The van der Waals surface area contributed by atoms with Crippen LogP contribution < -0.4 is 15.4 Å². The minimum absolute atomic E-state index is 0.0819. The van der Waals surface area contributed by atoms with Crippen molar-refractivity contribution < 1.29 is 9.53 Å². The molecule has 1 aliphatic rings. The normalized spacial score (nSPS) is 22.8. The largest absolute Gasteiger partial charge is 0.496 e. The first-order valence-electron chi connectivity index (χ1n) is 6.81. The minimum Gasteiger partial charge on any atom is -0.496 e. The number of carbonyl (C=O) groups is 1. The van der Waals surface area contributed by atoms with Gasteiger partial charge >= 0.3 is 0 Å². The summed E-state index contributed by atoms with van der Waals surface area (Å²) in [7, 11) is 1.65. The average molecular weight is 262 g/mol. The van der Waals surface area contributed by atoms with E-state index in [4.69, 9.17) is 4.74 Å². The Kier molecular flexibility index (Phi) is 4.80. The monoisotopic (exact) mass is 262 g/mol. The first kappa shape index (κ1) is 13.9. The van der Waals surface area contributed by atoms with Gasteiger partial charge in [0.15, 0.2) is 0 Å². The molecule has 4 heteroatoms. The van der Waals surface area contributed by atoms with Crippen molar-refractivity contribution in [1.29, 1.82) is 0 Å². The van der Waals surface area contributed by atoms with Crippen molar-refractivity contribution in [3.8, 4) is 5.75 Å². The number of hydrogen-bond donors (Lipinski definition) is 2. The van der Waals surface area contributed by atoms with Crippen molar-refractivity contribution in [2.45, 2.75) is 19.9 Å². The smallest absolute Gasteiger partial charge is 0.224 e. The van der Waals surface area contributed by atoms with Crippen molar-refractivity contribution in [3.05, 3.63) is 29.8 Å². The Hall–Kier alpha value is -1.55. The molecule has 1 amide bonds. The van der Waals surface area contributed by atoms with Gasteiger partial charge in [-0.15, -0.1) is 0 Å². The van der Waals surface area contributed by atoms with E-state index in [0.717, 1.165) is 30.8 Å². The first-order chi connectivity index (χ1) is 9.20. The SMILES string of the molecule is COc1ccccc1CNC(=O)C1CNCC(C)C1. The molecule has 0 radical (unpaired) electrons. The predicted octanol–water partition coefficient (Wildman–Crippen LogP) is 1.56. The maximum atomic E-state index is 12.1. The van der Waals surface area contributed by atoms with Crippen LogP contribution in [-0.4, -0.2) is 26.1 Å². The van der Waals surface area contributed by atoms with Gasteiger partial charge in [-0.3, -0.25) is 4.79 Å². The zero-order valence-corrected chi connectivity index (χ0v) is 11.6. The van der Waals surface area contributed by atoms with Gasteiger partial charge in [-0.25, -0.2) is 0 Å². The fourth-order valence-corrected chi connectivity index (χ4v) is 2.53. The molecule has 1 heterocycles. The van der Waals surface area contributed by atoms with Crippen LogP contribution in [0.4, 0.5) is 0 Å². The van der Waals surface area contributed by atoms with E-state index in [-0.39, 0.29) is 11.8 Å². The number of piperidine rings is 1. The van der Waals surface area contributed by atoms with Gasteiger partial charge in [0.05, 0.1) is 13.0 Å². The van der Waals surface area contributed by atoms with Crippen LogP contribution in [0.5, 0.6) is 5.75 Å². The Bertz CT molecular complexity index is 434. The molecule has 1 aromatic carbocycles. The Morgan fingerprint density at radius 2 is 2.21 bits per heavy atom. The summed E-state index contributed by atoms with van der Waals surface area (Å²) in [5.74, 6) is 1.59. The Labute approximate surface area is 114 Å². The van der Waals surface area contributed by atoms with Gasteiger partial charge in [-0.05, 0) is 24.9 Å². The fraction of sp³-hybridized carbons (Fsp3) is 0.533. The van der Waals surface area contributed by atoms with Crippen molar-refractivity contribution >= 4 is 5.91 Å². The molecule has 19 heavy (non-hydrogen) atoms. The Morgan fingerprint density at radius 3 is 2.95 bits per heavy atom. The molecule has 0 spiro atoms. The van der Waals surface area contributed by atoms with Gasteiger partial charge < -0.3 is 15.4 Å². The van der Waals surface area contributed by atoms with Crippen molar-refractivity contribution in [3.63, 3.8) is 0 Å². The number of carbonyl (C=O) groups excluding carboxylic acids is 1. The van der Waals surface area contributed by atoms with Crippen LogP contribution in [0.2, 0.25) is 0 Å². The van der Waals surface area contributed by atoms with Crippen molar-refractivity contribution in [2.75, 3.05) is 20.2 Å². The third-order valence-electron chi connectivity index (χ3n) is 3.59. The molecule has 2 atom stereocenters. The first-order valence-corrected chi connectivity index (χ1v) is 6.81.